The van der Waals surface area contributed by atoms with Crippen molar-refractivity contribution in [1.29, 1.82) is 0 Å². The minimum absolute atomic E-state index is 0.251. The van der Waals surface area contributed by atoms with Gasteiger partial charge in [-0.2, -0.15) is 0 Å². The number of nitrogens with zero attached hydrogens (tertiary/aromatic N) is 3. The molecule has 0 radical (unpaired) electrons. The van der Waals surface area contributed by atoms with Gasteiger partial charge >= 0.3 is 0 Å². The quantitative estimate of drug-likeness (QED) is 0.840. The van der Waals surface area contributed by atoms with E-state index in [2.05, 4.69) is 15.6 Å². The minimum Gasteiger partial charge on any atom is -0.388 e. The molecule has 3 rings (SSSR count). The Balaban J connectivity index is 1.84. The van der Waals surface area contributed by atoms with Crippen molar-refractivity contribution in [2.45, 2.75) is 44.6 Å². The molecule has 1 fully saturated rings. The molecule has 0 spiro atoms. The zero-order valence-electron chi connectivity index (χ0n) is 13.6. The number of nitrogens with one attached hydrogen (secondary N) is 1. The van der Waals surface area contributed by atoms with Gasteiger partial charge in [-0.05, 0) is 43.9 Å². The Bertz CT molecular complexity index is 740. The number of halogens is 1. The summed E-state index contributed by atoms with van der Waals surface area (Å²) in [5, 5.41) is 21.7. The molecule has 0 aliphatic heterocycles. The Morgan fingerprint density at radius 1 is 1.46 bits per heavy atom. The Hall–Kier alpha value is -1.92. The van der Waals surface area contributed by atoms with E-state index < -0.39 is 5.60 Å². The molecule has 2 N–H and O–H groups in total. The normalized spacial score (nSPS) is 15.8. The zero-order chi connectivity index (χ0) is 17.2. The lowest BCUT2D eigenvalue weighted by Gasteiger charge is -2.36. The first kappa shape index (κ1) is 16.9. The first-order valence-electron chi connectivity index (χ1n) is 8.23. The highest BCUT2D eigenvalue weighted by molar-refractivity contribution is 6.30. The molecule has 7 heteroatoms. The van der Waals surface area contributed by atoms with Crippen LogP contribution in [-0.4, -0.2) is 38.2 Å². The lowest BCUT2D eigenvalue weighted by atomic mass is 9.80. The van der Waals surface area contributed by atoms with E-state index >= 15 is 0 Å². The molecule has 1 heterocycles. The van der Waals surface area contributed by atoms with Crippen molar-refractivity contribution in [1.82, 2.24) is 20.3 Å². The molecule has 6 nitrogen and oxygen atoms in total. The van der Waals surface area contributed by atoms with Crippen molar-refractivity contribution >= 4 is 17.5 Å². The van der Waals surface area contributed by atoms with Crippen molar-refractivity contribution in [3.05, 3.63) is 40.7 Å². The topological polar surface area (TPSA) is 80.0 Å². The van der Waals surface area contributed by atoms with Gasteiger partial charge in [0.1, 0.15) is 0 Å². The second-order valence-electron chi connectivity index (χ2n) is 6.29. The first-order chi connectivity index (χ1) is 11.5. The summed E-state index contributed by atoms with van der Waals surface area (Å²) in [6.07, 6.45) is 3.98. The fourth-order valence-electron chi connectivity index (χ4n) is 2.84. The lowest BCUT2D eigenvalue weighted by molar-refractivity contribution is -0.0300. The van der Waals surface area contributed by atoms with E-state index in [9.17, 15) is 9.90 Å². The Labute approximate surface area is 145 Å². The van der Waals surface area contributed by atoms with Gasteiger partial charge in [-0.15, -0.1) is 5.10 Å². The number of amides is 1. The maximum absolute atomic E-state index is 12.5. The average Bonchev–Trinajstić information content (AvgIpc) is 2.95. The first-order valence-corrected chi connectivity index (χ1v) is 8.61. The number of carbonyl (C=O) groups excluding carboxylic acids is 1. The van der Waals surface area contributed by atoms with Crippen LogP contribution in [0.25, 0.3) is 5.69 Å². The Morgan fingerprint density at radius 2 is 2.25 bits per heavy atom. The number of carbonyl (C=O) groups is 1. The molecule has 0 saturated heterocycles. The number of aliphatic hydroxyl groups is 1. The summed E-state index contributed by atoms with van der Waals surface area (Å²) in [7, 11) is 0. The maximum Gasteiger partial charge on any atom is 0.273 e. The van der Waals surface area contributed by atoms with E-state index in [0.29, 0.717) is 17.1 Å². The summed E-state index contributed by atoms with van der Waals surface area (Å²) in [5.74, 6) is -0.299. The van der Waals surface area contributed by atoms with Crippen LogP contribution < -0.4 is 5.32 Å². The average molecular weight is 349 g/mol. The predicted molar refractivity (Wildman–Crippen MR) is 91.5 cm³/mol. The number of benzene rings is 1. The van der Waals surface area contributed by atoms with Gasteiger partial charge in [-0.3, -0.25) is 4.79 Å². The molecule has 1 aromatic heterocycles. The molecule has 0 atom stereocenters. The third-order valence-corrected chi connectivity index (χ3v) is 4.62. The van der Waals surface area contributed by atoms with Crippen LogP contribution in [0.5, 0.6) is 0 Å². The third kappa shape index (κ3) is 3.44. The van der Waals surface area contributed by atoms with Crippen LogP contribution >= 0.6 is 11.6 Å². The second-order valence-corrected chi connectivity index (χ2v) is 6.72. The molecule has 1 aliphatic rings. The van der Waals surface area contributed by atoms with Gasteiger partial charge in [0.15, 0.2) is 5.69 Å². The minimum atomic E-state index is -0.760. The summed E-state index contributed by atoms with van der Waals surface area (Å²) in [4.78, 5) is 12.5. The van der Waals surface area contributed by atoms with Gasteiger partial charge in [0.25, 0.3) is 5.91 Å². The van der Waals surface area contributed by atoms with E-state index in [1.54, 1.807) is 16.8 Å². The van der Waals surface area contributed by atoms with Crippen LogP contribution in [-0.2, 0) is 6.42 Å². The highest BCUT2D eigenvalue weighted by Crippen LogP contribution is 2.30. The van der Waals surface area contributed by atoms with Crippen LogP contribution in [0.3, 0.4) is 0 Å². The van der Waals surface area contributed by atoms with E-state index in [1.165, 1.54) is 0 Å². The van der Waals surface area contributed by atoms with Crippen molar-refractivity contribution in [2.24, 2.45) is 0 Å². The largest absolute Gasteiger partial charge is 0.388 e. The Morgan fingerprint density at radius 3 is 2.88 bits per heavy atom. The van der Waals surface area contributed by atoms with Gasteiger partial charge < -0.3 is 10.4 Å². The van der Waals surface area contributed by atoms with Crippen LogP contribution in [0, 0.1) is 0 Å². The van der Waals surface area contributed by atoms with Crippen LogP contribution in [0.1, 0.15) is 48.8 Å². The molecule has 1 saturated carbocycles. The SMILES string of the molecule is CCCc1c(C(=O)NCC2(O)CCC2)nnn1-c1cccc(Cl)c1. The Kier molecular flexibility index (Phi) is 4.87. The van der Waals surface area contributed by atoms with Crippen molar-refractivity contribution in [2.75, 3.05) is 6.54 Å². The summed E-state index contributed by atoms with van der Waals surface area (Å²) in [5.41, 5.74) is 1.07. The fraction of sp³-hybridized carbons (Fsp3) is 0.471. The van der Waals surface area contributed by atoms with E-state index in [-0.39, 0.29) is 12.5 Å². The van der Waals surface area contributed by atoms with Crippen LogP contribution in [0.2, 0.25) is 5.02 Å². The second kappa shape index (κ2) is 6.91. The van der Waals surface area contributed by atoms with Gasteiger partial charge in [-0.1, -0.05) is 36.2 Å². The highest BCUT2D eigenvalue weighted by atomic mass is 35.5. The molecule has 1 aliphatic carbocycles. The van der Waals surface area contributed by atoms with Gasteiger partial charge in [0.05, 0.1) is 17.0 Å². The summed E-state index contributed by atoms with van der Waals surface area (Å²) < 4.78 is 1.66. The van der Waals surface area contributed by atoms with Crippen molar-refractivity contribution in [3.8, 4) is 5.69 Å². The molecule has 1 amide bonds. The molecule has 1 aromatic carbocycles. The number of rotatable bonds is 6. The molecule has 2 aromatic rings. The van der Waals surface area contributed by atoms with Gasteiger partial charge in [0.2, 0.25) is 0 Å². The zero-order valence-corrected chi connectivity index (χ0v) is 14.4. The molecular formula is C17H21ClN4O2. The molecule has 0 bridgehead atoms. The van der Waals surface area contributed by atoms with E-state index in [4.69, 9.17) is 11.6 Å². The third-order valence-electron chi connectivity index (χ3n) is 4.38. The van der Waals surface area contributed by atoms with Gasteiger partial charge in [0, 0.05) is 11.6 Å². The fourth-order valence-corrected chi connectivity index (χ4v) is 3.03. The maximum atomic E-state index is 12.5. The summed E-state index contributed by atoms with van der Waals surface area (Å²) in [6.45, 7) is 2.29. The molecule has 0 unspecified atom stereocenters. The predicted octanol–water partition coefficient (Wildman–Crippen LogP) is 2.52. The van der Waals surface area contributed by atoms with Gasteiger partial charge in [-0.25, -0.2) is 4.68 Å². The van der Waals surface area contributed by atoms with Crippen LogP contribution in [0.15, 0.2) is 24.3 Å². The monoisotopic (exact) mass is 348 g/mol. The summed E-state index contributed by atoms with van der Waals surface area (Å²) >= 11 is 6.05. The van der Waals surface area contributed by atoms with E-state index in [0.717, 1.165) is 37.1 Å². The standard InChI is InChI=1S/C17H21ClN4O2/c1-2-5-14-15(16(23)19-11-17(24)8-4-9-17)20-21-22(14)13-7-3-6-12(18)10-13/h3,6-7,10,24H,2,4-5,8-9,11H2,1H3,(H,19,23). The molecular weight excluding hydrogens is 328 g/mol. The van der Waals surface area contributed by atoms with Crippen molar-refractivity contribution < 1.29 is 9.90 Å². The number of hydrogen-bond acceptors (Lipinski definition) is 4. The molecule has 128 valence electrons. The number of aromatic nitrogens is 3. The lowest BCUT2D eigenvalue weighted by Crippen LogP contribution is -2.48. The smallest absolute Gasteiger partial charge is 0.273 e. The summed E-state index contributed by atoms with van der Waals surface area (Å²) in [6, 6.07) is 7.28. The van der Waals surface area contributed by atoms with Crippen molar-refractivity contribution in [3.63, 3.8) is 0 Å². The number of hydrogen-bond donors (Lipinski definition) is 2. The van der Waals surface area contributed by atoms with E-state index in [1.807, 2.05) is 19.1 Å². The molecule has 24 heavy (non-hydrogen) atoms. The highest BCUT2D eigenvalue weighted by Gasteiger charge is 2.35. The van der Waals surface area contributed by atoms with Crippen LogP contribution in [0.4, 0.5) is 0 Å².